The number of hydrogen-bond acceptors (Lipinski definition) is 4. The molecule has 1 atom stereocenters. The summed E-state index contributed by atoms with van der Waals surface area (Å²) in [5.41, 5.74) is -0.369. The highest BCUT2D eigenvalue weighted by atomic mass is 16.5. The Hall–Kier alpha value is -0.940. The molecule has 17 heavy (non-hydrogen) atoms. The molecule has 0 radical (unpaired) electrons. The quantitative estimate of drug-likeness (QED) is 0.759. The SMILES string of the molecule is CNC(=O)C1COCCN1CC(=O)C(C)(C)C. The first-order valence-electron chi connectivity index (χ1n) is 5.93. The van der Waals surface area contributed by atoms with Crippen LogP contribution in [0.4, 0.5) is 0 Å². The van der Waals surface area contributed by atoms with Gasteiger partial charge in [0.05, 0.1) is 19.8 Å². The van der Waals surface area contributed by atoms with Crippen molar-refractivity contribution >= 4 is 11.7 Å². The van der Waals surface area contributed by atoms with Crippen LogP contribution < -0.4 is 5.32 Å². The van der Waals surface area contributed by atoms with Gasteiger partial charge >= 0.3 is 0 Å². The van der Waals surface area contributed by atoms with E-state index in [4.69, 9.17) is 4.74 Å². The molecule has 0 saturated carbocycles. The van der Waals surface area contributed by atoms with Gasteiger partial charge in [0.25, 0.3) is 0 Å². The van der Waals surface area contributed by atoms with Gasteiger partial charge in [-0.2, -0.15) is 0 Å². The monoisotopic (exact) mass is 242 g/mol. The first kappa shape index (κ1) is 14.1. The first-order chi connectivity index (χ1) is 7.86. The fourth-order valence-corrected chi connectivity index (χ4v) is 1.66. The Morgan fingerprint density at radius 2 is 2.06 bits per heavy atom. The molecule has 0 bridgehead atoms. The zero-order chi connectivity index (χ0) is 13.1. The highest BCUT2D eigenvalue weighted by molar-refractivity contribution is 5.87. The average molecular weight is 242 g/mol. The van der Waals surface area contributed by atoms with Crippen LogP contribution in [-0.2, 0) is 14.3 Å². The van der Waals surface area contributed by atoms with E-state index in [2.05, 4.69) is 5.32 Å². The van der Waals surface area contributed by atoms with Crippen LogP contribution in [0.15, 0.2) is 0 Å². The van der Waals surface area contributed by atoms with Crippen LogP contribution in [0.25, 0.3) is 0 Å². The number of carbonyl (C=O) groups is 2. The number of amides is 1. The van der Waals surface area contributed by atoms with E-state index in [9.17, 15) is 9.59 Å². The number of rotatable bonds is 3. The Bertz CT molecular complexity index is 297. The lowest BCUT2D eigenvalue weighted by molar-refractivity contribution is -0.136. The minimum atomic E-state index is -0.369. The molecule has 5 heteroatoms. The lowest BCUT2D eigenvalue weighted by Gasteiger charge is -2.35. The summed E-state index contributed by atoms with van der Waals surface area (Å²) in [5.74, 6) is 0.0553. The van der Waals surface area contributed by atoms with Crippen LogP contribution in [0.2, 0.25) is 0 Å². The van der Waals surface area contributed by atoms with Crippen LogP contribution >= 0.6 is 0 Å². The Morgan fingerprint density at radius 3 is 2.59 bits per heavy atom. The summed E-state index contributed by atoms with van der Waals surface area (Å²) in [4.78, 5) is 25.5. The Morgan fingerprint density at radius 1 is 1.41 bits per heavy atom. The fraction of sp³-hybridized carbons (Fsp3) is 0.833. The number of morpholine rings is 1. The Kier molecular flexibility index (Phi) is 4.65. The normalized spacial score (nSPS) is 22.2. The van der Waals surface area contributed by atoms with Crippen LogP contribution in [0.3, 0.4) is 0 Å². The second-order valence-corrected chi connectivity index (χ2v) is 5.35. The summed E-state index contributed by atoms with van der Waals surface area (Å²) in [6.07, 6.45) is 0. The number of nitrogens with one attached hydrogen (secondary N) is 1. The molecule has 0 aliphatic carbocycles. The van der Waals surface area contributed by atoms with E-state index in [0.717, 1.165) is 0 Å². The number of ketones is 1. The second kappa shape index (κ2) is 5.60. The highest BCUT2D eigenvalue weighted by Crippen LogP contribution is 2.17. The van der Waals surface area contributed by atoms with Gasteiger partial charge in [-0.1, -0.05) is 20.8 Å². The van der Waals surface area contributed by atoms with E-state index in [-0.39, 0.29) is 23.1 Å². The zero-order valence-electron chi connectivity index (χ0n) is 11.1. The van der Waals surface area contributed by atoms with Crippen molar-refractivity contribution in [3.05, 3.63) is 0 Å². The van der Waals surface area contributed by atoms with E-state index >= 15 is 0 Å². The van der Waals surface area contributed by atoms with E-state index in [1.807, 2.05) is 25.7 Å². The highest BCUT2D eigenvalue weighted by Gasteiger charge is 2.32. The van der Waals surface area contributed by atoms with Crippen LogP contribution in [-0.4, -0.2) is 56.0 Å². The fourth-order valence-electron chi connectivity index (χ4n) is 1.66. The molecule has 1 aliphatic rings. The van der Waals surface area contributed by atoms with Gasteiger partial charge in [0.2, 0.25) is 5.91 Å². The molecule has 1 aliphatic heterocycles. The molecule has 98 valence electrons. The molecule has 1 N–H and O–H groups in total. The third-order valence-corrected chi connectivity index (χ3v) is 2.97. The van der Waals surface area contributed by atoms with Gasteiger partial charge in [-0.3, -0.25) is 14.5 Å². The number of carbonyl (C=O) groups excluding carboxylic acids is 2. The van der Waals surface area contributed by atoms with Gasteiger partial charge < -0.3 is 10.1 Å². The lowest BCUT2D eigenvalue weighted by Crippen LogP contribution is -2.55. The molecule has 1 rings (SSSR count). The smallest absolute Gasteiger partial charge is 0.239 e. The molecule has 0 aromatic carbocycles. The maximum absolute atomic E-state index is 12.0. The summed E-state index contributed by atoms with van der Waals surface area (Å²) < 4.78 is 5.29. The Labute approximate surface area is 102 Å². The van der Waals surface area contributed by atoms with Crippen molar-refractivity contribution < 1.29 is 14.3 Å². The summed E-state index contributed by atoms with van der Waals surface area (Å²) in [6, 6.07) is -0.347. The van der Waals surface area contributed by atoms with Gasteiger partial charge in [-0.05, 0) is 0 Å². The Balaban J connectivity index is 2.66. The standard InChI is InChI=1S/C12H22N2O3/c1-12(2,3)10(15)7-14-5-6-17-8-9(14)11(16)13-4/h9H,5-8H2,1-4H3,(H,13,16). The predicted molar refractivity (Wildman–Crippen MR) is 64.7 cm³/mol. The summed E-state index contributed by atoms with van der Waals surface area (Å²) in [6.45, 7) is 7.55. The van der Waals surface area contributed by atoms with Crippen molar-refractivity contribution in [2.45, 2.75) is 26.8 Å². The third-order valence-electron chi connectivity index (χ3n) is 2.97. The van der Waals surface area contributed by atoms with Crippen LogP contribution in [0.1, 0.15) is 20.8 Å². The van der Waals surface area contributed by atoms with Gasteiger partial charge in [-0.25, -0.2) is 0 Å². The van der Waals surface area contributed by atoms with Crippen molar-refractivity contribution in [1.29, 1.82) is 0 Å². The second-order valence-electron chi connectivity index (χ2n) is 5.35. The van der Waals surface area contributed by atoms with Gasteiger partial charge in [0.15, 0.2) is 5.78 Å². The van der Waals surface area contributed by atoms with Crippen LogP contribution in [0.5, 0.6) is 0 Å². The molecule has 0 aromatic rings. The minimum Gasteiger partial charge on any atom is -0.378 e. The third kappa shape index (κ3) is 3.78. The summed E-state index contributed by atoms with van der Waals surface area (Å²) in [7, 11) is 1.60. The number of likely N-dealkylation sites (N-methyl/N-ethyl adjacent to an activating group) is 1. The molecule has 0 spiro atoms. The topological polar surface area (TPSA) is 58.6 Å². The van der Waals surface area contributed by atoms with E-state index < -0.39 is 0 Å². The number of hydrogen-bond donors (Lipinski definition) is 1. The number of Topliss-reactive ketones (excluding diaryl/α,β-unsaturated/α-hetero) is 1. The summed E-state index contributed by atoms with van der Waals surface area (Å²) >= 11 is 0. The molecule has 5 nitrogen and oxygen atoms in total. The van der Waals surface area contributed by atoms with Crippen molar-refractivity contribution in [2.24, 2.45) is 5.41 Å². The van der Waals surface area contributed by atoms with Crippen molar-refractivity contribution in [2.75, 3.05) is 33.4 Å². The van der Waals surface area contributed by atoms with Gasteiger partial charge in [0, 0.05) is 19.0 Å². The lowest BCUT2D eigenvalue weighted by atomic mass is 9.90. The molecule has 1 unspecified atom stereocenters. The first-order valence-corrected chi connectivity index (χ1v) is 5.93. The largest absolute Gasteiger partial charge is 0.378 e. The zero-order valence-corrected chi connectivity index (χ0v) is 11.1. The van der Waals surface area contributed by atoms with E-state index in [1.165, 1.54) is 0 Å². The molecular formula is C12H22N2O3. The van der Waals surface area contributed by atoms with Crippen molar-refractivity contribution in [3.63, 3.8) is 0 Å². The average Bonchev–Trinajstić information content (AvgIpc) is 2.27. The minimum absolute atomic E-state index is 0.0913. The summed E-state index contributed by atoms with van der Waals surface area (Å²) in [5, 5.41) is 2.60. The number of ether oxygens (including phenoxy) is 1. The van der Waals surface area contributed by atoms with Crippen molar-refractivity contribution in [1.82, 2.24) is 10.2 Å². The molecular weight excluding hydrogens is 220 g/mol. The predicted octanol–water partition coefficient (Wildman–Crippen LogP) is 0.0484. The molecule has 1 amide bonds. The number of nitrogens with zero attached hydrogens (tertiary/aromatic N) is 1. The molecule has 0 aromatic heterocycles. The molecule has 1 heterocycles. The molecule has 1 saturated heterocycles. The van der Waals surface area contributed by atoms with Crippen LogP contribution in [0, 0.1) is 5.41 Å². The van der Waals surface area contributed by atoms with Crippen molar-refractivity contribution in [3.8, 4) is 0 Å². The van der Waals surface area contributed by atoms with E-state index in [0.29, 0.717) is 26.3 Å². The van der Waals surface area contributed by atoms with Gasteiger partial charge in [-0.15, -0.1) is 0 Å². The maximum atomic E-state index is 12.0. The maximum Gasteiger partial charge on any atom is 0.239 e. The van der Waals surface area contributed by atoms with Gasteiger partial charge in [0.1, 0.15) is 6.04 Å². The van der Waals surface area contributed by atoms with E-state index in [1.54, 1.807) is 7.05 Å². The molecule has 1 fully saturated rings.